The predicted octanol–water partition coefficient (Wildman–Crippen LogP) is 3.46. The van der Waals surface area contributed by atoms with Crippen molar-refractivity contribution in [3.05, 3.63) is 22.3 Å². The van der Waals surface area contributed by atoms with Crippen molar-refractivity contribution in [3.63, 3.8) is 0 Å². The predicted molar refractivity (Wildman–Crippen MR) is 82.2 cm³/mol. The summed E-state index contributed by atoms with van der Waals surface area (Å²) in [5.74, 6) is 2.00. The molecule has 2 heterocycles. The summed E-state index contributed by atoms with van der Waals surface area (Å²) in [6.45, 7) is 1.71. The number of nitrogens with two attached hydrogens (primary N) is 1. The number of hydrogen-bond acceptors (Lipinski definition) is 3. The molecule has 0 radical (unpaired) electrons. The van der Waals surface area contributed by atoms with Gasteiger partial charge in [-0.3, -0.25) is 0 Å². The van der Waals surface area contributed by atoms with E-state index < -0.39 is 0 Å². The van der Waals surface area contributed by atoms with E-state index in [1.807, 2.05) is 6.20 Å². The Labute approximate surface area is 123 Å². The molecule has 1 aromatic heterocycles. The average Bonchev–Trinajstić information content (AvgIpc) is 2.46. The number of rotatable bonds is 2. The summed E-state index contributed by atoms with van der Waals surface area (Å²) in [4.78, 5) is 7.21. The Balaban J connectivity index is 1.91. The maximum absolute atomic E-state index is 5.91. The first-order valence-corrected chi connectivity index (χ1v) is 8.20. The summed E-state index contributed by atoms with van der Waals surface area (Å²) in [5.41, 5.74) is 7.07. The van der Waals surface area contributed by atoms with E-state index in [4.69, 9.17) is 5.73 Å². The monoisotopic (exact) mass is 323 g/mol. The van der Waals surface area contributed by atoms with Gasteiger partial charge in [-0.2, -0.15) is 0 Å². The third kappa shape index (κ3) is 2.65. The van der Waals surface area contributed by atoms with Crippen LogP contribution in [0.3, 0.4) is 0 Å². The van der Waals surface area contributed by atoms with E-state index in [2.05, 4.69) is 31.9 Å². The highest BCUT2D eigenvalue weighted by Crippen LogP contribution is 2.38. The minimum atomic E-state index is 0.565. The van der Waals surface area contributed by atoms with Gasteiger partial charge >= 0.3 is 0 Å². The van der Waals surface area contributed by atoms with Gasteiger partial charge in [0.2, 0.25) is 0 Å². The highest BCUT2D eigenvalue weighted by atomic mass is 79.9. The van der Waals surface area contributed by atoms with Crippen LogP contribution in [0, 0.1) is 5.92 Å². The second-order valence-electron chi connectivity index (χ2n) is 5.79. The molecular formula is C15H22BrN3. The van der Waals surface area contributed by atoms with E-state index in [1.165, 1.54) is 44.1 Å². The van der Waals surface area contributed by atoms with E-state index >= 15 is 0 Å². The van der Waals surface area contributed by atoms with Gasteiger partial charge in [0.05, 0.1) is 0 Å². The smallest absolute Gasteiger partial charge is 0.133 e. The zero-order valence-corrected chi connectivity index (χ0v) is 12.9. The Hall–Kier alpha value is -0.610. The molecule has 3 rings (SSSR count). The summed E-state index contributed by atoms with van der Waals surface area (Å²) in [5, 5.41) is 0. The van der Waals surface area contributed by atoms with Gasteiger partial charge in [-0.25, -0.2) is 4.98 Å². The van der Waals surface area contributed by atoms with E-state index in [9.17, 15) is 0 Å². The van der Waals surface area contributed by atoms with Crippen LogP contribution in [-0.2, 0) is 6.54 Å². The molecule has 0 bridgehead atoms. The van der Waals surface area contributed by atoms with Crippen molar-refractivity contribution in [3.8, 4) is 0 Å². The van der Waals surface area contributed by atoms with Crippen LogP contribution in [0.5, 0.6) is 0 Å². The molecule has 2 atom stereocenters. The van der Waals surface area contributed by atoms with E-state index in [0.29, 0.717) is 12.6 Å². The van der Waals surface area contributed by atoms with Crippen LogP contribution < -0.4 is 10.6 Å². The molecule has 0 spiro atoms. The molecular weight excluding hydrogens is 302 g/mol. The highest BCUT2D eigenvalue weighted by molar-refractivity contribution is 9.10. The standard InChI is InChI=1S/C15H22BrN3/c16-13-8-12(9-17)15(18-10-13)19-7-3-5-11-4-1-2-6-14(11)19/h8,10-11,14H,1-7,9,17H2. The van der Waals surface area contributed by atoms with Crippen LogP contribution in [-0.4, -0.2) is 17.6 Å². The van der Waals surface area contributed by atoms with Gasteiger partial charge in [0, 0.05) is 35.4 Å². The van der Waals surface area contributed by atoms with Crippen LogP contribution >= 0.6 is 15.9 Å². The zero-order chi connectivity index (χ0) is 13.2. The number of anilines is 1. The Bertz CT molecular complexity index is 447. The van der Waals surface area contributed by atoms with Crippen molar-refractivity contribution in [1.29, 1.82) is 0 Å². The van der Waals surface area contributed by atoms with Crippen molar-refractivity contribution in [1.82, 2.24) is 4.98 Å². The van der Waals surface area contributed by atoms with Gasteiger partial charge in [-0.15, -0.1) is 0 Å². The number of piperidine rings is 1. The summed E-state index contributed by atoms with van der Waals surface area (Å²) in [7, 11) is 0. The third-order valence-corrected chi connectivity index (χ3v) is 5.08. The lowest BCUT2D eigenvalue weighted by Crippen LogP contribution is -2.47. The Morgan fingerprint density at radius 1 is 1.26 bits per heavy atom. The number of aromatic nitrogens is 1. The van der Waals surface area contributed by atoms with Crippen molar-refractivity contribution < 1.29 is 0 Å². The van der Waals surface area contributed by atoms with Crippen molar-refractivity contribution >= 4 is 21.7 Å². The Kier molecular flexibility index (Phi) is 4.08. The maximum Gasteiger partial charge on any atom is 0.133 e. The van der Waals surface area contributed by atoms with Crippen LogP contribution in [0.2, 0.25) is 0 Å². The molecule has 3 nitrogen and oxygen atoms in total. The van der Waals surface area contributed by atoms with Crippen LogP contribution in [0.25, 0.3) is 0 Å². The molecule has 1 saturated carbocycles. The lowest BCUT2D eigenvalue weighted by atomic mass is 9.78. The van der Waals surface area contributed by atoms with Gasteiger partial charge < -0.3 is 10.6 Å². The molecule has 2 aliphatic rings. The quantitative estimate of drug-likeness (QED) is 0.906. The molecule has 1 saturated heterocycles. The van der Waals surface area contributed by atoms with Gasteiger partial charge in [0.1, 0.15) is 5.82 Å². The van der Waals surface area contributed by atoms with Crippen LogP contribution in [0.1, 0.15) is 44.1 Å². The number of fused-ring (bicyclic) bond motifs is 1. The molecule has 1 aliphatic heterocycles. The molecule has 0 aromatic carbocycles. The highest BCUT2D eigenvalue weighted by Gasteiger charge is 2.34. The van der Waals surface area contributed by atoms with Crippen LogP contribution in [0.15, 0.2) is 16.7 Å². The summed E-state index contributed by atoms with van der Waals surface area (Å²) in [6.07, 6.45) is 10.1. The maximum atomic E-state index is 5.91. The van der Waals surface area contributed by atoms with E-state index in [0.717, 1.165) is 22.8 Å². The fraction of sp³-hybridized carbons (Fsp3) is 0.667. The molecule has 1 aliphatic carbocycles. The van der Waals surface area contributed by atoms with Gasteiger partial charge in [-0.1, -0.05) is 12.8 Å². The lowest BCUT2D eigenvalue weighted by Gasteiger charge is -2.45. The lowest BCUT2D eigenvalue weighted by molar-refractivity contribution is 0.242. The summed E-state index contributed by atoms with van der Waals surface area (Å²) >= 11 is 3.49. The van der Waals surface area contributed by atoms with Crippen molar-refractivity contribution in [2.24, 2.45) is 11.7 Å². The SMILES string of the molecule is NCc1cc(Br)cnc1N1CCCC2CCCCC21. The van der Waals surface area contributed by atoms with Gasteiger partial charge in [-0.05, 0) is 53.6 Å². The normalized spacial score (nSPS) is 27.2. The van der Waals surface area contributed by atoms with E-state index in [-0.39, 0.29) is 0 Å². The van der Waals surface area contributed by atoms with Gasteiger partial charge in [0.15, 0.2) is 0 Å². The van der Waals surface area contributed by atoms with Gasteiger partial charge in [0.25, 0.3) is 0 Å². The molecule has 0 amide bonds. The molecule has 1 aromatic rings. The van der Waals surface area contributed by atoms with Crippen molar-refractivity contribution in [2.75, 3.05) is 11.4 Å². The van der Waals surface area contributed by atoms with Crippen LogP contribution in [0.4, 0.5) is 5.82 Å². The molecule has 4 heteroatoms. The average molecular weight is 324 g/mol. The minimum Gasteiger partial charge on any atom is -0.353 e. The molecule has 2 unspecified atom stereocenters. The Morgan fingerprint density at radius 3 is 2.89 bits per heavy atom. The number of nitrogens with zero attached hydrogens (tertiary/aromatic N) is 2. The molecule has 2 fully saturated rings. The fourth-order valence-corrected chi connectivity index (χ4v) is 4.15. The topological polar surface area (TPSA) is 42.1 Å². The zero-order valence-electron chi connectivity index (χ0n) is 11.3. The Morgan fingerprint density at radius 2 is 2.05 bits per heavy atom. The first kappa shape index (κ1) is 13.4. The number of hydrogen-bond donors (Lipinski definition) is 1. The summed E-state index contributed by atoms with van der Waals surface area (Å²) in [6, 6.07) is 2.82. The van der Waals surface area contributed by atoms with Crippen molar-refractivity contribution in [2.45, 2.75) is 51.1 Å². The number of pyridine rings is 1. The minimum absolute atomic E-state index is 0.565. The molecule has 2 N–H and O–H groups in total. The first-order chi connectivity index (χ1) is 9.29. The third-order valence-electron chi connectivity index (χ3n) is 4.64. The first-order valence-electron chi connectivity index (χ1n) is 7.40. The number of halogens is 1. The second-order valence-corrected chi connectivity index (χ2v) is 6.70. The fourth-order valence-electron chi connectivity index (χ4n) is 3.77. The summed E-state index contributed by atoms with van der Waals surface area (Å²) < 4.78 is 1.02. The molecule has 104 valence electrons. The van der Waals surface area contributed by atoms with E-state index in [1.54, 1.807) is 0 Å². The molecule has 19 heavy (non-hydrogen) atoms. The second kappa shape index (κ2) is 5.80. The largest absolute Gasteiger partial charge is 0.353 e.